The van der Waals surface area contributed by atoms with E-state index in [-0.39, 0.29) is 30.5 Å². The van der Waals surface area contributed by atoms with Gasteiger partial charge in [0.25, 0.3) is 5.91 Å². The highest BCUT2D eigenvalue weighted by atomic mass is 32.2. The van der Waals surface area contributed by atoms with Crippen molar-refractivity contribution in [2.45, 2.75) is 42.3 Å². The van der Waals surface area contributed by atoms with Gasteiger partial charge >= 0.3 is 0 Å². The molecule has 0 spiro atoms. The molecule has 1 amide bonds. The van der Waals surface area contributed by atoms with Gasteiger partial charge in [0, 0.05) is 12.1 Å². The van der Waals surface area contributed by atoms with Crippen molar-refractivity contribution in [3.8, 4) is 0 Å². The molecule has 2 aromatic rings. The Hall–Kier alpha value is -2.30. The van der Waals surface area contributed by atoms with E-state index < -0.39 is 33.6 Å². The van der Waals surface area contributed by atoms with Crippen LogP contribution in [0, 0.1) is 0 Å². The molecule has 0 saturated carbocycles. The first-order chi connectivity index (χ1) is 14.7. The van der Waals surface area contributed by atoms with Crippen LogP contribution in [-0.4, -0.2) is 57.6 Å². The van der Waals surface area contributed by atoms with Gasteiger partial charge < -0.3 is 19.5 Å². The Morgan fingerprint density at radius 2 is 1.71 bits per heavy atom. The Kier molecular flexibility index (Phi) is 5.89. The monoisotopic (exact) mass is 446 g/mol. The van der Waals surface area contributed by atoms with Crippen molar-refractivity contribution in [2.24, 2.45) is 0 Å². The zero-order valence-electron chi connectivity index (χ0n) is 17.4. The summed E-state index contributed by atoms with van der Waals surface area (Å²) in [7, 11) is -3.68. The number of carbonyl (C=O) groups is 1. The molecule has 3 atom stereocenters. The van der Waals surface area contributed by atoms with Crippen LogP contribution in [-0.2, 0) is 24.2 Å². The normalized spacial score (nSPS) is 27.0. The van der Waals surface area contributed by atoms with Crippen LogP contribution >= 0.6 is 0 Å². The molecule has 2 aliphatic rings. The number of nitrogens with one attached hydrogen (secondary N) is 2. The lowest BCUT2D eigenvalue weighted by atomic mass is 9.96. The van der Waals surface area contributed by atoms with Gasteiger partial charge in [0.05, 0.1) is 18.0 Å². The number of ether oxygens (including phenoxy) is 3. The summed E-state index contributed by atoms with van der Waals surface area (Å²) in [5, 5.41) is 2.90. The summed E-state index contributed by atoms with van der Waals surface area (Å²) in [6, 6.07) is 17.0. The Morgan fingerprint density at radius 1 is 1.06 bits per heavy atom. The molecule has 0 unspecified atom stereocenters. The van der Waals surface area contributed by atoms with Crippen molar-refractivity contribution in [1.82, 2.24) is 10.0 Å². The Bertz CT molecular complexity index is 1030. The quantitative estimate of drug-likeness (QED) is 0.671. The lowest BCUT2D eigenvalue weighted by Crippen LogP contribution is -2.52. The van der Waals surface area contributed by atoms with Crippen LogP contribution in [0.1, 0.15) is 24.2 Å². The molecule has 2 aliphatic heterocycles. The van der Waals surface area contributed by atoms with E-state index in [1.165, 1.54) is 12.1 Å². The molecule has 2 saturated heterocycles. The van der Waals surface area contributed by atoms with E-state index in [9.17, 15) is 13.2 Å². The molecule has 0 aliphatic carbocycles. The summed E-state index contributed by atoms with van der Waals surface area (Å²) in [5.41, 5.74) is -0.365. The first kappa shape index (κ1) is 21.9. The fourth-order valence-electron chi connectivity index (χ4n) is 4.00. The SMILES string of the molecule is CC1(C)O[C@@H]2[C@@H](CNS(=O)(=O)c3ccccc3)OC[C@]2(CNC(=O)c2ccccc2)O1. The van der Waals surface area contributed by atoms with Gasteiger partial charge in [-0.3, -0.25) is 4.79 Å². The topological polar surface area (TPSA) is 103 Å². The van der Waals surface area contributed by atoms with Gasteiger partial charge in [-0.1, -0.05) is 36.4 Å². The second-order valence-electron chi connectivity index (χ2n) is 8.17. The molecule has 2 N–H and O–H groups in total. The summed E-state index contributed by atoms with van der Waals surface area (Å²) in [4.78, 5) is 12.7. The first-order valence-corrected chi connectivity index (χ1v) is 11.6. The Labute approximate surface area is 181 Å². The number of amides is 1. The molecule has 9 heteroatoms. The van der Waals surface area contributed by atoms with Gasteiger partial charge in [0.1, 0.15) is 17.8 Å². The second-order valence-corrected chi connectivity index (χ2v) is 9.94. The van der Waals surface area contributed by atoms with Gasteiger partial charge in [0.2, 0.25) is 10.0 Å². The van der Waals surface area contributed by atoms with Crippen LogP contribution in [0.25, 0.3) is 0 Å². The van der Waals surface area contributed by atoms with Gasteiger partial charge in [-0.2, -0.15) is 0 Å². The molecule has 2 aromatic carbocycles. The molecule has 0 bridgehead atoms. The Balaban J connectivity index is 1.44. The third-order valence-corrected chi connectivity index (χ3v) is 6.81. The fraction of sp³-hybridized carbons (Fsp3) is 0.409. The maximum atomic E-state index is 12.6. The van der Waals surface area contributed by atoms with E-state index in [0.29, 0.717) is 5.56 Å². The van der Waals surface area contributed by atoms with Crippen LogP contribution in [0.2, 0.25) is 0 Å². The van der Waals surface area contributed by atoms with E-state index >= 15 is 0 Å². The van der Waals surface area contributed by atoms with Crippen molar-refractivity contribution in [3.05, 3.63) is 66.2 Å². The highest BCUT2D eigenvalue weighted by Gasteiger charge is 2.61. The fourth-order valence-corrected chi connectivity index (χ4v) is 5.06. The van der Waals surface area contributed by atoms with Crippen LogP contribution in [0.4, 0.5) is 0 Å². The molecule has 4 rings (SSSR count). The molecular weight excluding hydrogens is 420 g/mol. The minimum absolute atomic E-state index is 0.0235. The van der Waals surface area contributed by atoms with Crippen molar-refractivity contribution in [2.75, 3.05) is 19.7 Å². The van der Waals surface area contributed by atoms with Gasteiger partial charge in [-0.15, -0.1) is 0 Å². The number of carbonyl (C=O) groups excluding carboxylic acids is 1. The van der Waals surface area contributed by atoms with Gasteiger partial charge in [-0.25, -0.2) is 13.1 Å². The van der Waals surface area contributed by atoms with Crippen LogP contribution in [0.5, 0.6) is 0 Å². The third-order valence-electron chi connectivity index (χ3n) is 5.37. The number of benzene rings is 2. The molecule has 0 aromatic heterocycles. The van der Waals surface area contributed by atoms with E-state index in [0.717, 1.165) is 0 Å². The lowest BCUT2D eigenvalue weighted by molar-refractivity contribution is -0.188. The molecule has 8 nitrogen and oxygen atoms in total. The van der Waals surface area contributed by atoms with E-state index in [1.807, 2.05) is 6.07 Å². The third kappa shape index (κ3) is 4.65. The van der Waals surface area contributed by atoms with E-state index in [1.54, 1.807) is 56.3 Å². The Morgan fingerprint density at radius 3 is 2.39 bits per heavy atom. The summed E-state index contributed by atoms with van der Waals surface area (Å²) in [6.45, 7) is 3.95. The lowest BCUT2D eigenvalue weighted by Gasteiger charge is -2.27. The standard InChI is InChI=1S/C22H26N2O6S/c1-21(2)29-19-18(13-24-31(26,27)17-11-7-4-8-12-17)28-15-22(19,30-21)14-23-20(25)16-9-5-3-6-10-16/h3-12,18-19,24H,13-15H2,1-2H3,(H,23,25)/t18-,19-,22+/m1/s1. The smallest absolute Gasteiger partial charge is 0.251 e. The van der Waals surface area contributed by atoms with Crippen LogP contribution < -0.4 is 10.0 Å². The molecule has 2 heterocycles. The molecule has 0 radical (unpaired) electrons. The minimum Gasteiger partial charge on any atom is -0.371 e. The first-order valence-electron chi connectivity index (χ1n) is 10.1. The number of sulfonamides is 1. The molecule has 2 fully saturated rings. The number of hydrogen-bond donors (Lipinski definition) is 2. The highest BCUT2D eigenvalue weighted by molar-refractivity contribution is 7.89. The summed E-state index contributed by atoms with van der Waals surface area (Å²) in [6.07, 6.45) is -1.11. The number of rotatable bonds is 7. The summed E-state index contributed by atoms with van der Waals surface area (Å²) < 4.78 is 45.8. The van der Waals surface area contributed by atoms with Crippen molar-refractivity contribution in [1.29, 1.82) is 0 Å². The van der Waals surface area contributed by atoms with Crippen molar-refractivity contribution < 1.29 is 27.4 Å². The van der Waals surface area contributed by atoms with Crippen molar-refractivity contribution in [3.63, 3.8) is 0 Å². The summed E-state index contributed by atoms with van der Waals surface area (Å²) >= 11 is 0. The molecular formula is C22H26N2O6S. The zero-order valence-corrected chi connectivity index (χ0v) is 18.2. The second kappa shape index (κ2) is 8.33. The predicted molar refractivity (Wildman–Crippen MR) is 113 cm³/mol. The maximum Gasteiger partial charge on any atom is 0.251 e. The van der Waals surface area contributed by atoms with Crippen LogP contribution in [0.15, 0.2) is 65.6 Å². The van der Waals surface area contributed by atoms with E-state index in [4.69, 9.17) is 14.2 Å². The van der Waals surface area contributed by atoms with Crippen molar-refractivity contribution >= 4 is 15.9 Å². The molecule has 166 valence electrons. The number of fused-ring (bicyclic) bond motifs is 1. The molecule has 31 heavy (non-hydrogen) atoms. The maximum absolute atomic E-state index is 12.6. The zero-order chi connectivity index (χ0) is 22.1. The van der Waals surface area contributed by atoms with Crippen LogP contribution in [0.3, 0.4) is 0 Å². The minimum atomic E-state index is -3.68. The summed E-state index contributed by atoms with van der Waals surface area (Å²) in [5.74, 6) is -1.11. The largest absolute Gasteiger partial charge is 0.371 e. The highest BCUT2D eigenvalue weighted by Crippen LogP contribution is 2.43. The van der Waals surface area contributed by atoms with Gasteiger partial charge in [-0.05, 0) is 38.1 Å². The average Bonchev–Trinajstić information content (AvgIpc) is 3.22. The average molecular weight is 447 g/mol. The van der Waals surface area contributed by atoms with Gasteiger partial charge in [0.15, 0.2) is 5.79 Å². The van der Waals surface area contributed by atoms with E-state index in [2.05, 4.69) is 10.0 Å². The number of hydrogen-bond acceptors (Lipinski definition) is 6. The predicted octanol–water partition coefficient (Wildman–Crippen LogP) is 1.68.